The zero-order valence-corrected chi connectivity index (χ0v) is 15.4. The van der Waals surface area contributed by atoms with E-state index in [1.54, 1.807) is 37.4 Å². The standard InChI is InChI=1S/C18H15F2N3O4S/c1-25-12-8-6-11(7-9-12)16-22-23-18(27-16)28-10-15(24)21-13-4-2-3-5-14(13)26-17(19)20/h2-9,17H,10H2,1H3,(H,21,24). The van der Waals surface area contributed by atoms with E-state index in [0.29, 0.717) is 17.2 Å². The number of carbonyl (C=O) groups is 1. The molecule has 28 heavy (non-hydrogen) atoms. The molecule has 0 unspecified atom stereocenters. The first-order chi connectivity index (χ1) is 13.5. The minimum Gasteiger partial charge on any atom is -0.497 e. The van der Waals surface area contributed by atoms with Gasteiger partial charge in [0.2, 0.25) is 11.8 Å². The van der Waals surface area contributed by atoms with Crippen LogP contribution in [0.2, 0.25) is 0 Å². The maximum atomic E-state index is 12.4. The number of para-hydroxylation sites is 2. The summed E-state index contributed by atoms with van der Waals surface area (Å²) in [5.41, 5.74) is 0.862. The lowest BCUT2D eigenvalue weighted by Gasteiger charge is -2.11. The second-order valence-electron chi connectivity index (χ2n) is 5.31. The van der Waals surface area contributed by atoms with Gasteiger partial charge in [-0.2, -0.15) is 8.78 Å². The highest BCUT2D eigenvalue weighted by atomic mass is 32.2. The summed E-state index contributed by atoms with van der Waals surface area (Å²) < 4.78 is 39.8. The Morgan fingerprint density at radius 1 is 1.18 bits per heavy atom. The molecule has 7 nitrogen and oxygen atoms in total. The molecule has 1 heterocycles. The fraction of sp³-hybridized carbons (Fsp3) is 0.167. The van der Waals surface area contributed by atoms with E-state index in [1.165, 1.54) is 18.2 Å². The van der Waals surface area contributed by atoms with Gasteiger partial charge < -0.3 is 19.2 Å². The predicted molar refractivity (Wildman–Crippen MR) is 98.7 cm³/mol. The molecule has 0 atom stereocenters. The molecule has 3 rings (SSSR count). The summed E-state index contributed by atoms with van der Waals surface area (Å²) in [4.78, 5) is 12.1. The molecule has 146 valence electrons. The molecule has 0 bridgehead atoms. The molecule has 0 aliphatic carbocycles. The highest BCUT2D eigenvalue weighted by Crippen LogP contribution is 2.27. The SMILES string of the molecule is COc1ccc(-c2nnc(SCC(=O)Nc3ccccc3OC(F)F)o2)cc1. The summed E-state index contributed by atoms with van der Waals surface area (Å²) in [5, 5.41) is 10.5. The molecule has 1 amide bonds. The van der Waals surface area contributed by atoms with E-state index in [4.69, 9.17) is 9.15 Å². The van der Waals surface area contributed by atoms with E-state index in [1.807, 2.05) is 0 Å². The van der Waals surface area contributed by atoms with Crippen molar-refractivity contribution in [3.8, 4) is 23.0 Å². The molecule has 1 N–H and O–H groups in total. The van der Waals surface area contributed by atoms with Crippen LogP contribution in [-0.4, -0.2) is 35.6 Å². The first-order valence-corrected chi connectivity index (χ1v) is 8.98. The highest BCUT2D eigenvalue weighted by molar-refractivity contribution is 7.99. The Labute approximate surface area is 163 Å². The molecule has 10 heteroatoms. The quantitative estimate of drug-likeness (QED) is 0.563. The van der Waals surface area contributed by atoms with Crippen molar-refractivity contribution in [3.63, 3.8) is 0 Å². The first kappa shape index (κ1) is 19.6. The highest BCUT2D eigenvalue weighted by Gasteiger charge is 2.14. The maximum Gasteiger partial charge on any atom is 0.387 e. The lowest BCUT2D eigenvalue weighted by atomic mass is 10.2. The second kappa shape index (κ2) is 9.18. The number of nitrogens with zero attached hydrogens (tertiary/aromatic N) is 2. The second-order valence-corrected chi connectivity index (χ2v) is 6.24. The molecule has 0 aliphatic rings. The van der Waals surface area contributed by atoms with Crippen LogP contribution in [0.1, 0.15) is 0 Å². The largest absolute Gasteiger partial charge is 0.497 e. The Hall–Kier alpha value is -3.14. The average Bonchev–Trinajstić information content (AvgIpc) is 3.17. The summed E-state index contributed by atoms with van der Waals surface area (Å²) in [5.74, 6) is 0.412. The number of methoxy groups -OCH3 is 1. The first-order valence-electron chi connectivity index (χ1n) is 7.99. The molecule has 0 saturated heterocycles. The van der Waals surface area contributed by atoms with Gasteiger partial charge in [-0.1, -0.05) is 23.9 Å². The number of alkyl halides is 2. The Bertz CT molecular complexity index is 935. The van der Waals surface area contributed by atoms with Crippen molar-refractivity contribution in [2.24, 2.45) is 0 Å². The van der Waals surface area contributed by atoms with E-state index >= 15 is 0 Å². The maximum absolute atomic E-state index is 12.4. The number of ether oxygens (including phenoxy) is 2. The van der Waals surface area contributed by atoms with Gasteiger partial charge in [0.05, 0.1) is 18.6 Å². The number of amides is 1. The van der Waals surface area contributed by atoms with Crippen LogP contribution in [0.25, 0.3) is 11.5 Å². The van der Waals surface area contributed by atoms with Gasteiger partial charge in [0.15, 0.2) is 0 Å². The van der Waals surface area contributed by atoms with Crippen LogP contribution < -0.4 is 14.8 Å². The molecular formula is C18H15F2N3O4S. The minimum atomic E-state index is -2.98. The van der Waals surface area contributed by atoms with Crippen molar-refractivity contribution in [2.45, 2.75) is 11.8 Å². The Kier molecular flexibility index (Phi) is 6.43. The number of anilines is 1. The van der Waals surface area contributed by atoms with Gasteiger partial charge >= 0.3 is 6.61 Å². The summed E-state index contributed by atoms with van der Waals surface area (Å²) in [6.45, 7) is -2.98. The van der Waals surface area contributed by atoms with Crippen molar-refractivity contribution in [2.75, 3.05) is 18.2 Å². The number of hydrogen-bond donors (Lipinski definition) is 1. The number of benzene rings is 2. The van der Waals surface area contributed by atoms with Crippen LogP contribution >= 0.6 is 11.8 Å². The van der Waals surface area contributed by atoms with Gasteiger partial charge in [-0.25, -0.2) is 0 Å². The molecule has 1 aromatic heterocycles. The number of halogens is 2. The van der Waals surface area contributed by atoms with Gasteiger partial charge in [0, 0.05) is 5.56 Å². The lowest BCUT2D eigenvalue weighted by molar-refractivity contribution is -0.113. The van der Waals surface area contributed by atoms with E-state index in [-0.39, 0.29) is 22.4 Å². The summed E-state index contributed by atoms with van der Waals surface area (Å²) >= 11 is 1.02. The van der Waals surface area contributed by atoms with Crippen LogP contribution in [0, 0.1) is 0 Å². The Balaban J connectivity index is 1.57. The molecule has 2 aromatic carbocycles. The van der Waals surface area contributed by atoms with E-state index in [9.17, 15) is 13.6 Å². The van der Waals surface area contributed by atoms with Crippen molar-refractivity contribution in [3.05, 3.63) is 48.5 Å². The zero-order valence-electron chi connectivity index (χ0n) is 14.6. The molecule has 3 aromatic rings. The molecule has 0 fully saturated rings. The van der Waals surface area contributed by atoms with Crippen molar-refractivity contribution in [1.82, 2.24) is 10.2 Å². The minimum absolute atomic E-state index is 0.0484. The van der Waals surface area contributed by atoms with Gasteiger partial charge in [-0.05, 0) is 36.4 Å². The van der Waals surface area contributed by atoms with Crippen molar-refractivity contribution < 1.29 is 27.5 Å². The molecular weight excluding hydrogens is 392 g/mol. The van der Waals surface area contributed by atoms with Crippen molar-refractivity contribution in [1.29, 1.82) is 0 Å². The number of thioether (sulfide) groups is 1. The number of aromatic nitrogens is 2. The van der Waals surface area contributed by atoms with Crippen LogP contribution in [0.15, 0.2) is 58.2 Å². The zero-order chi connectivity index (χ0) is 19.9. The normalized spacial score (nSPS) is 10.7. The fourth-order valence-corrected chi connectivity index (χ4v) is 2.76. The fourth-order valence-electron chi connectivity index (χ4n) is 2.20. The van der Waals surface area contributed by atoms with Gasteiger partial charge in [0.25, 0.3) is 5.22 Å². The Morgan fingerprint density at radius 3 is 2.64 bits per heavy atom. The molecule has 0 aliphatic heterocycles. The van der Waals surface area contributed by atoms with Crippen LogP contribution in [-0.2, 0) is 4.79 Å². The molecule has 0 spiro atoms. The summed E-state index contributed by atoms with van der Waals surface area (Å²) in [7, 11) is 1.57. The van der Waals surface area contributed by atoms with E-state index in [0.717, 1.165) is 11.8 Å². The van der Waals surface area contributed by atoms with E-state index < -0.39 is 12.5 Å². The van der Waals surface area contributed by atoms with Crippen LogP contribution in [0.3, 0.4) is 0 Å². The van der Waals surface area contributed by atoms with Gasteiger partial charge in [0.1, 0.15) is 11.5 Å². The molecule has 0 saturated carbocycles. The topological polar surface area (TPSA) is 86.5 Å². The van der Waals surface area contributed by atoms with Crippen molar-refractivity contribution >= 4 is 23.4 Å². The molecule has 0 radical (unpaired) electrons. The van der Waals surface area contributed by atoms with E-state index in [2.05, 4.69) is 20.3 Å². The Morgan fingerprint density at radius 2 is 1.93 bits per heavy atom. The van der Waals surface area contributed by atoms with Crippen LogP contribution in [0.5, 0.6) is 11.5 Å². The third-order valence-corrected chi connectivity index (χ3v) is 4.27. The van der Waals surface area contributed by atoms with Gasteiger partial charge in [-0.15, -0.1) is 10.2 Å². The summed E-state index contributed by atoms with van der Waals surface area (Å²) in [6, 6.07) is 13.0. The number of carbonyl (C=O) groups excluding carboxylic acids is 1. The van der Waals surface area contributed by atoms with Crippen LogP contribution in [0.4, 0.5) is 14.5 Å². The van der Waals surface area contributed by atoms with Gasteiger partial charge in [-0.3, -0.25) is 4.79 Å². The third kappa shape index (κ3) is 5.19. The third-order valence-electron chi connectivity index (χ3n) is 3.45. The number of rotatable bonds is 8. The number of hydrogen-bond acceptors (Lipinski definition) is 7. The number of nitrogens with one attached hydrogen (secondary N) is 1. The predicted octanol–water partition coefficient (Wildman–Crippen LogP) is 4.08. The smallest absolute Gasteiger partial charge is 0.387 e. The average molecular weight is 407 g/mol. The summed E-state index contributed by atoms with van der Waals surface area (Å²) in [6.07, 6.45) is 0. The lowest BCUT2D eigenvalue weighted by Crippen LogP contribution is -2.15. The monoisotopic (exact) mass is 407 g/mol.